The number of likely N-dealkylation sites (tertiary alicyclic amines) is 2. The molecule has 3 aromatic rings. The third-order valence-electron chi connectivity index (χ3n) is 11.2. The van der Waals surface area contributed by atoms with Crippen LogP contribution in [0.5, 0.6) is 0 Å². The van der Waals surface area contributed by atoms with Crippen LogP contribution >= 0.6 is 15.9 Å². The summed E-state index contributed by atoms with van der Waals surface area (Å²) in [5, 5.41) is 10.1. The minimum atomic E-state index is -0.382. The first kappa shape index (κ1) is 34.3. The van der Waals surface area contributed by atoms with Gasteiger partial charge in [0.2, 0.25) is 17.8 Å². The zero-order valence-electron chi connectivity index (χ0n) is 28.6. The lowest BCUT2D eigenvalue weighted by Gasteiger charge is -2.46. The van der Waals surface area contributed by atoms with E-state index in [9.17, 15) is 19.2 Å². The van der Waals surface area contributed by atoms with Crippen LogP contribution in [0.1, 0.15) is 78.3 Å². The Balaban J connectivity index is 0.901. The van der Waals surface area contributed by atoms with Gasteiger partial charge in [0.25, 0.3) is 11.5 Å². The van der Waals surface area contributed by atoms with Gasteiger partial charge in [-0.3, -0.25) is 24.5 Å². The van der Waals surface area contributed by atoms with Crippen LogP contribution in [0, 0.1) is 5.41 Å². The summed E-state index contributed by atoms with van der Waals surface area (Å²) >= 11 is 3.43. The molecular weight excluding hydrogens is 702 g/mol. The monoisotopic (exact) mass is 745 g/mol. The number of amides is 3. The van der Waals surface area contributed by atoms with E-state index < -0.39 is 0 Å². The number of rotatable bonds is 6. The highest BCUT2D eigenvalue weighted by atomic mass is 79.9. The summed E-state index contributed by atoms with van der Waals surface area (Å²) < 4.78 is 1.80. The smallest absolute Gasteiger partial charge is 0.282 e. The number of carbonyl (C=O) groups is 3. The second-order valence-electron chi connectivity index (χ2n) is 14.5. The third kappa shape index (κ3) is 7.18. The van der Waals surface area contributed by atoms with E-state index in [4.69, 9.17) is 0 Å². The summed E-state index contributed by atoms with van der Waals surface area (Å²) in [5.41, 5.74) is 3.43. The van der Waals surface area contributed by atoms with E-state index in [1.165, 1.54) is 10.2 Å². The largest absolute Gasteiger partial charge is 0.379 e. The molecule has 1 aromatic carbocycles. The maximum absolute atomic E-state index is 13.6. The topological polar surface area (TPSA) is 146 Å². The van der Waals surface area contributed by atoms with Gasteiger partial charge in [-0.1, -0.05) is 12.1 Å². The molecule has 2 N–H and O–H groups in total. The summed E-state index contributed by atoms with van der Waals surface area (Å²) in [7, 11) is 3.74. The number of aryl methyl sites for hydroxylation is 1. The molecule has 0 radical (unpaired) electrons. The molecule has 4 saturated heterocycles. The van der Waals surface area contributed by atoms with E-state index in [1.807, 2.05) is 17.0 Å². The van der Waals surface area contributed by atoms with Crippen LogP contribution in [0.25, 0.3) is 0 Å². The Hall–Kier alpha value is -4.17. The molecule has 6 heterocycles. The average molecular weight is 747 g/mol. The van der Waals surface area contributed by atoms with Gasteiger partial charge in [-0.2, -0.15) is 5.10 Å². The molecule has 0 aliphatic carbocycles. The summed E-state index contributed by atoms with van der Waals surface area (Å²) in [5.74, 6) is 0.176. The highest BCUT2D eigenvalue weighted by molar-refractivity contribution is 9.10. The Bertz CT molecular complexity index is 1800. The molecule has 3 atom stereocenters. The molecule has 4 aliphatic heterocycles. The number of hydrogen-bond donors (Lipinski definition) is 2. The van der Waals surface area contributed by atoms with Crippen LogP contribution in [0.2, 0.25) is 0 Å². The van der Waals surface area contributed by atoms with E-state index in [0.29, 0.717) is 34.9 Å². The second kappa shape index (κ2) is 14.2. The quantitative estimate of drug-likeness (QED) is 0.361. The Morgan fingerprint density at radius 3 is 2.28 bits per heavy atom. The summed E-state index contributed by atoms with van der Waals surface area (Å²) in [4.78, 5) is 65.3. The van der Waals surface area contributed by atoms with Crippen LogP contribution < -0.4 is 21.1 Å². The van der Waals surface area contributed by atoms with E-state index in [0.717, 1.165) is 82.5 Å². The number of anilines is 2. The zero-order chi connectivity index (χ0) is 35.0. The predicted octanol–water partition coefficient (Wildman–Crippen LogP) is 3.28. The fourth-order valence-electron chi connectivity index (χ4n) is 8.13. The van der Waals surface area contributed by atoms with E-state index >= 15 is 0 Å². The number of likely N-dealkylation sites (N-methyl/N-ethyl adjacent to an activating group) is 1. The van der Waals surface area contributed by atoms with Gasteiger partial charge < -0.3 is 20.0 Å². The lowest BCUT2D eigenvalue weighted by molar-refractivity contribution is -0.134. The van der Waals surface area contributed by atoms with Crippen LogP contribution in [-0.2, 0) is 16.6 Å². The standard InChI is InChI=1S/C36H44BrN9O4/c1-43-21-25(17-27(22-43)41-29-20-40-44(2)34(50)31(29)37)23-3-5-24(6-4-23)33(49)45-13-9-36(10-14-45)11-15-46(16-12-36)35-38-18-26(19-39-35)28-7-8-30(47)42-32(28)48/h3-6,18-20,25,27-28,41H,7-17,21-22H2,1-2H3,(H,42,47,48). The first-order valence-corrected chi connectivity index (χ1v) is 18.3. The fraction of sp³-hybridized carbons (Fsp3) is 0.528. The average Bonchev–Trinajstić information content (AvgIpc) is 3.12. The number of hydrogen-bond acceptors (Lipinski definition) is 10. The maximum atomic E-state index is 13.6. The Morgan fingerprint density at radius 2 is 1.60 bits per heavy atom. The molecule has 3 unspecified atom stereocenters. The van der Waals surface area contributed by atoms with Gasteiger partial charge in [0.1, 0.15) is 4.47 Å². The van der Waals surface area contributed by atoms with Crippen molar-refractivity contribution in [2.45, 2.75) is 62.8 Å². The molecule has 264 valence electrons. The number of aromatic nitrogens is 4. The van der Waals surface area contributed by atoms with Crippen molar-refractivity contribution in [2.24, 2.45) is 12.5 Å². The molecule has 50 heavy (non-hydrogen) atoms. The number of nitrogens with one attached hydrogen (secondary N) is 2. The first-order chi connectivity index (χ1) is 24.1. The van der Waals surface area contributed by atoms with Gasteiger partial charge >= 0.3 is 0 Å². The number of piperidine rings is 4. The Labute approximate surface area is 300 Å². The molecule has 4 aliphatic rings. The molecule has 1 spiro atoms. The summed E-state index contributed by atoms with van der Waals surface area (Å²) in [6, 6.07) is 8.31. The zero-order valence-corrected chi connectivity index (χ0v) is 30.2. The van der Waals surface area contributed by atoms with Crippen LogP contribution in [0.4, 0.5) is 11.6 Å². The minimum absolute atomic E-state index is 0.0941. The molecule has 13 nitrogen and oxygen atoms in total. The van der Waals surface area contributed by atoms with E-state index in [1.54, 1.807) is 25.6 Å². The Morgan fingerprint density at radius 1 is 0.920 bits per heavy atom. The van der Waals surface area contributed by atoms with Crippen molar-refractivity contribution in [3.63, 3.8) is 0 Å². The van der Waals surface area contributed by atoms with Gasteiger partial charge in [-0.15, -0.1) is 0 Å². The van der Waals surface area contributed by atoms with Crippen LogP contribution in [0.3, 0.4) is 0 Å². The first-order valence-electron chi connectivity index (χ1n) is 17.5. The molecular formula is C36H44BrN9O4. The molecule has 4 fully saturated rings. The van der Waals surface area contributed by atoms with Gasteiger partial charge in [0, 0.05) is 82.3 Å². The number of halogens is 1. The molecule has 0 bridgehead atoms. The lowest BCUT2D eigenvalue weighted by atomic mass is 9.71. The van der Waals surface area contributed by atoms with Crippen molar-refractivity contribution >= 4 is 45.3 Å². The van der Waals surface area contributed by atoms with Gasteiger partial charge in [-0.05, 0) is 90.5 Å². The van der Waals surface area contributed by atoms with Crippen LogP contribution in [-0.4, -0.2) is 99.6 Å². The molecule has 2 aromatic heterocycles. The second-order valence-corrected chi connectivity index (χ2v) is 15.3. The number of imide groups is 1. The maximum Gasteiger partial charge on any atom is 0.282 e. The third-order valence-corrected chi connectivity index (χ3v) is 12.0. The van der Waals surface area contributed by atoms with Crippen molar-refractivity contribution < 1.29 is 14.4 Å². The lowest BCUT2D eigenvalue weighted by Crippen LogP contribution is -2.48. The minimum Gasteiger partial charge on any atom is -0.379 e. The SMILES string of the molecule is CN1CC(Nc2cnn(C)c(=O)c2Br)CC(c2ccc(C(=O)N3CCC4(CC3)CCN(c3ncc(C5CCC(=O)NC5=O)cn3)CC4)cc2)C1. The normalized spacial score (nSPS) is 24.3. The fourth-order valence-corrected chi connectivity index (χ4v) is 8.60. The highest BCUT2D eigenvalue weighted by Crippen LogP contribution is 2.42. The van der Waals surface area contributed by atoms with Gasteiger partial charge in [-0.25, -0.2) is 14.6 Å². The van der Waals surface area contributed by atoms with Crippen molar-refractivity contribution in [1.82, 2.24) is 34.9 Å². The van der Waals surface area contributed by atoms with E-state index in [-0.39, 0.29) is 40.7 Å². The highest BCUT2D eigenvalue weighted by Gasteiger charge is 2.39. The number of nitrogens with zero attached hydrogens (tertiary/aromatic N) is 7. The number of carbonyl (C=O) groups excluding carboxylic acids is 3. The molecule has 0 saturated carbocycles. The van der Waals surface area contributed by atoms with Crippen LogP contribution in [0.15, 0.2) is 52.1 Å². The predicted molar refractivity (Wildman–Crippen MR) is 192 cm³/mol. The molecule has 7 rings (SSSR count). The van der Waals surface area contributed by atoms with Crippen molar-refractivity contribution in [3.8, 4) is 0 Å². The van der Waals surface area contributed by atoms with Crippen molar-refractivity contribution in [2.75, 3.05) is 56.5 Å². The summed E-state index contributed by atoms with van der Waals surface area (Å²) in [6.45, 7) is 5.01. The number of benzene rings is 1. The molecule has 14 heteroatoms. The summed E-state index contributed by atoms with van der Waals surface area (Å²) in [6.07, 6.45) is 10.9. The van der Waals surface area contributed by atoms with Crippen molar-refractivity contribution in [1.29, 1.82) is 0 Å². The Kier molecular flexibility index (Phi) is 9.75. The molecule has 3 amide bonds. The van der Waals surface area contributed by atoms with Gasteiger partial charge in [0.05, 0.1) is 17.8 Å². The van der Waals surface area contributed by atoms with E-state index in [2.05, 4.69) is 70.6 Å². The van der Waals surface area contributed by atoms with Crippen molar-refractivity contribution in [3.05, 3.63) is 74.4 Å². The van der Waals surface area contributed by atoms with Gasteiger partial charge in [0.15, 0.2) is 0 Å².